The number of carbonyl (C=O) groups is 1. The summed E-state index contributed by atoms with van der Waals surface area (Å²) in [5.74, 6) is 2.85. The largest absolute Gasteiger partial charge is 0.481 e. The standard InChI is InChI=1S/C20H17ClN4O2/c1-2-13-27-16-9-7-15(8-10-16)11-12-22-20(26)18-14-25(24-23-18)19-6-4-3-5-17(19)21/h1,3-10,14H,11-13H2,(H,22,26). The van der Waals surface area contributed by atoms with Crippen LogP contribution in [0.3, 0.4) is 0 Å². The second kappa shape index (κ2) is 8.88. The highest BCUT2D eigenvalue weighted by Gasteiger charge is 2.12. The average Bonchev–Trinajstić information content (AvgIpc) is 3.18. The molecule has 0 aliphatic heterocycles. The maximum absolute atomic E-state index is 12.2. The first-order valence-corrected chi connectivity index (χ1v) is 8.66. The van der Waals surface area contributed by atoms with E-state index >= 15 is 0 Å². The third-order valence-corrected chi connectivity index (χ3v) is 4.09. The van der Waals surface area contributed by atoms with E-state index in [0.717, 1.165) is 11.3 Å². The lowest BCUT2D eigenvalue weighted by Gasteiger charge is -2.05. The van der Waals surface area contributed by atoms with Gasteiger partial charge in [0, 0.05) is 6.54 Å². The highest BCUT2D eigenvalue weighted by molar-refractivity contribution is 6.32. The summed E-state index contributed by atoms with van der Waals surface area (Å²) in [6.45, 7) is 0.715. The van der Waals surface area contributed by atoms with Gasteiger partial charge in [-0.15, -0.1) is 11.5 Å². The van der Waals surface area contributed by atoms with E-state index in [2.05, 4.69) is 21.5 Å². The second-order valence-corrected chi connectivity index (χ2v) is 6.05. The molecule has 1 aromatic heterocycles. The van der Waals surface area contributed by atoms with Crippen molar-refractivity contribution in [1.82, 2.24) is 20.3 Å². The van der Waals surface area contributed by atoms with Crippen LogP contribution in [0.25, 0.3) is 5.69 Å². The van der Waals surface area contributed by atoms with Gasteiger partial charge in [-0.2, -0.15) is 0 Å². The molecule has 1 N–H and O–H groups in total. The van der Waals surface area contributed by atoms with Gasteiger partial charge in [0.15, 0.2) is 5.69 Å². The number of para-hydroxylation sites is 1. The topological polar surface area (TPSA) is 69.0 Å². The molecule has 1 heterocycles. The molecule has 0 atom stereocenters. The van der Waals surface area contributed by atoms with Crippen LogP contribution in [-0.2, 0) is 6.42 Å². The summed E-state index contributed by atoms with van der Waals surface area (Å²) in [5, 5.41) is 11.2. The van der Waals surface area contributed by atoms with Crippen molar-refractivity contribution in [2.24, 2.45) is 0 Å². The van der Waals surface area contributed by atoms with Crippen LogP contribution in [0.5, 0.6) is 5.75 Å². The Bertz CT molecular complexity index is 961. The zero-order chi connectivity index (χ0) is 19.1. The number of hydrogen-bond acceptors (Lipinski definition) is 4. The summed E-state index contributed by atoms with van der Waals surface area (Å²) in [6, 6.07) is 14.8. The molecule has 3 rings (SSSR count). The molecule has 0 spiro atoms. The fourth-order valence-corrected chi connectivity index (χ4v) is 2.63. The van der Waals surface area contributed by atoms with Crippen LogP contribution in [0.1, 0.15) is 16.1 Å². The lowest BCUT2D eigenvalue weighted by atomic mass is 10.1. The molecule has 0 saturated heterocycles. The molecular weight excluding hydrogens is 364 g/mol. The van der Waals surface area contributed by atoms with E-state index in [-0.39, 0.29) is 18.2 Å². The van der Waals surface area contributed by atoms with Gasteiger partial charge in [0.05, 0.1) is 16.9 Å². The Balaban J connectivity index is 1.53. The van der Waals surface area contributed by atoms with E-state index in [1.807, 2.05) is 36.4 Å². The first kappa shape index (κ1) is 18.5. The summed E-state index contributed by atoms with van der Waals surface area (Å²) in [6.07, 6.45) is 7.39. The molecular formula is C20H17ClN4O2. The summed E-state index contributed by atoms with van der Waals surface area (Å²) < 4.78 is 6.80. The second-order valence-electron chi connectivity index (χ2n) is 5.64. The molecule has 7 heteroatoms. The molecule has 0 radical (unpaired) electrons. The fourth-order valence-electron chi connectivity index (χ4n) is 2.41. The predicted octanol–water partition coefficient (Wildman–Crippen LogP) is 2.91. The van der Waals surface area contributed by atoms with Gasteiger partial charge < -0.3 is 10.1 Å². The van der Waals surface area contributed by atoms with Crippen molar-refractivity contribution in [3.05, 3.63) is 71.0 Å². The summed E-state index contributed by atoms with van der Waals surface area (Å²) >= 11 is 6.13. The number of amides is 1. The number of aromatic nitrogens is 3. The van der Waals surface area contributed by atoms with Gasteiger partial charge in [-0.3, -0.25) is 4.79 Å². The van der Waals surface area contributed by atoms with Crippen molar-refractivity contribution in [1.29, 1.82) is 0 Å². The van der Waals surface area contributed by atoms with E-state index < -0.39 is 0 Å². The minimum Gasteiger partial charge on any atom is -0.481 e. The molecule has 136 valence electrons. The van der Waals surface area contributed by atoms with Crippen molar-refractivity contribution in [2.75, 3.05) is 13.2 Å². The molecule has 6 nitrogen and oxygen atoms in total. The number of hydrogen-bond donors (Lipinski definition) is 1. The van der Waals surface area contributed by atoms with Gasteiger partial charge in [-0.05, 0) is 36.2 Å². The van der Waals surface area contributed by atoms with Crippen molar-refractivity contribution in [3.63, 3.8) is 0 Å². The van der Waals surface area contributed by atoms with Crippen molar-refractivity contribution < 1.29 is 9.53 Å². The van der Waals surface area contributed by atoms with Gasteiger partial charge in [0.2, 0.25) is 0 Å². The van der Waals surface area contributed by atoms with Crippen molar-refractivity contribution in [2.45, 2.75) is 6.42 Å². The molecule has 0 fully saturated rings. The Morgan fingerprint density at radius 3 is 2.74 bits per heavy atom. The molecule has 0 bridgehead atoms. The first-order valence-electron chi connectivity index (χ1n) is 8.28. The smallest absolute Gasteiger partial charge is 0.273 e. The fraction of sp³-hybridized carbons (Fsp3) is 0.150. The van der Waals surface area contributed by atoms with Crippen LogP contribution in [0.2, 0.25) is 5.02 Å². The summed E-state index contributed by atoms with van der Waals surface area (Å²) in [7, 11) is 0. The number of rotatable bonds is 7. The van der Waals surface area contributed by atoms with Gasteiger partial charge >= 0.3 is 0 Å². The van der Waals surface area contributed by atoms with Crippen LogP contribution in [0.4, 0.5) is 0 Å². The normalized spacial score (nSPS) is 10.2. The Morgan fingerprint density at radius 2 is 2.00 bits per heavy atom. The summed E-state index contributed by atoms with van der Waals surface area (Å²) in [4.78, 5) is 12.2. The Labute approximate surface area is 162 Å². The molecule has 2 aromatic carbocycles. The monoisotopic (exact) mass is 380 g/mol. The molecule has 0 aliphatic rings. The van der Waals surface area contributed by atoms with E-state index in [4.69, 9.17) is 22.8 Å². The molecule has 27 heavy (non-hydrogen) atoms. The van der Waals surface area contributed by atoms with E-state index in [0.29, 0.717) is 23.7 Å². The Hall–Kier alpha value is -3.30. The third kappa shape index (κ3) is 4.87. The van der Waals surface area contributed by atoms with Gasteiger partial charge in [0.1, 0.15) is 12.4 Å². The summed E-state index contributed by atoms with van der Waals surface area (Å²) in [5.41, 5.74) is 1.97. The molecule has 0 aliphatic carbocycles. The number of nitrogens with zero attached hydrogens (tertiary/aromatic N) is 3. The maximum Gasteiger partial charge on any atom is 0.273 e. The third-order valence-electron chi connectivity index (χ3n) is 3.77. The highest BCUT2D eigenvalue weighted by Crippen LogP contribution is 2.18. The maximum atomic E-state index is 12.2. The van der Waals surface area contributed by atoms with E-state index in [9.17, 15) is 4.79 Å². The lowest BCUT2D eigenvalue weighted by Crippen LogP contribution is -2.26. The van der Waals surface area contributed by atoms with Gasteiger partial charge in [0.25, 0.3) is 5.91 Å². The molecule has 0 unspecified atom stereocenters. The number of halogens is 1. The zero-order valence-corrected chi connectivity index (χ0v) is 15.2. The number of carbonyl (C=O) groups excluding carboxylic acids is 1. The number of nitrogens with one attached hydrogen (secondary N) is 1. The van der Waals surface area contributed by atoms with Crippen LogP contribution < -0.4 is 10.1 Å². The SMILES string of the molecule is C#CCOc1ccc(CCNC(=O)c2cn(-c3ccccc3Cl)nn2)cc1. The minimum absolute atomic E-state index is 0.230. The number of terminal acetylenes is 1. The van der Waals surface area contributed by atoms with E-state index in [1.54, 1.807) is 18.3 Å². The number of ether oxygens (including phenoxy) is 1. The van der Waals surface area contributed by atoms with Crippen LogP contribution in [0.15, 0.2) is 54.7 Å². The van der Waals surface area contributed by atoms with E-state index in [1.165, 1.54) is 4.68 Å². The van der Waals surface area contributed by atoms with Crippen LogP contribution in [0, 0.1) is 12.3 Å². The average molecular weight is 381 g/mol. The molecule has 1 amide bonds. The van der Waals surface area contributed by atoms with Crippen LogP contribution >= 0.6 is 11.6 Å². The zero-order valence-electron chi connectivity index (χ0n) is 14.4. The predicted molar refractivity (Wildman–Crippen MR) is 103 cm³/mol. The quantitative estimate of drug-likeness (QED) is 0.640. The van der Waals surface area contributed by atoms with Gasteiger partial charge in [-0.25, -0.2) is 4.68 Å². The van der Waals surface area contributed by atoms with Gasteiger partial charge in [-0.1, -0.05) is 47.0 Å². The van der Waals surface area contributed by atoms with Crippen molar-refractivity contribution in [3.8, 4) is 23.8 Å². The first-order chi connectivity index (χ1) is 13.2. The van der Waals surface area contributed by atoms with Crippen LogP contribution in [-0.4, -0.2) is 34.1 Å². The molecule has 3 aromatic rings. The number of benzene rings is 2. The lowest BCUT2D eigenvalue weighted by molar-refractivity contribution is 0.0949. The highest BCUT2D eigenvalue weighted by atomic mass is 35.5. The Morgan fingerprint density at radius 1 is 1.22 bits per heavy atom. The van der Waals surface area contributed by atoms with Crippen molar-refractivity contribution >= 4 is 17.5 Å². The molecule has 0 saturated carbocycles. The Kier molecular flexibility index (Phi) is 6.08. The minimum atomic E-state index is -0.290.